The van der Waals surface area contributed by atoms with Crippen LogP contribution in [0.4, 0.5) is 5.69 Å². The summed E-state index contributed by atoms with van der Waals surface area (Å²) in [5, 5.41) is 8.90. The van der Waals surface area contributed by atoms with Crippen LogP contribution >= 0.6 is 0 Å². The van der Waals surface area contributed by atoms with E-state index in [9.17, 15) is 0 Å². The molecule has 17 heavy (non-hydrogen) atoms. The Morgan fingerprint density at radius 3 is 2.76 bits per heavy atom. The van der Waals surface area contributed by atoms with Crippen LogP contribution < -0.4 is 10.5 Å². The van der Waals surface area contributed by atoms with Gasteiger partial charge in [-0.1, -0.05) is 12.1 Å². The second-order valence-electron chi connectivity index (χ2n) is 3.55. The zero-order valence-corrected chi connectivity index (χ0v) is 9.34. The molecule has 1 aromatic heterocycles. The topological polar surface area (TPSA) is 71.9 Å². The first kappa shape index (κ1) is 11.0. The van der Waals surface area contributed by atoms with Crippen molar-refractivity contribution in [2.45, 2.75) is 6.92 Å². The number of pyridine rings is 1. The third kappa shape index (κ3) is 2.18. The van der Waals surface area contributed by atoms with E-state index >= 15 is 0 Å². The number of ether oxygens (including phenoxy) is 1. The summed E-state index contributed by atoms with van der Waals surface area (Å²) < 4.78 is 5.60. The van der Waals surface area contributed by atoms with Gasteiger partial charge < -0.3 is 10.5 Å². The molecule has 0 aliphatic heterocycles. The standard InChI is InChI=1S/C13H11N3O/c1-9-4-2-5-12(13(9)15)17-11-6-3-7-16-10(11)8-14/h2-7H,15H2,1H3. The lowest BCUT2D eigenvalue weighted by atomic mass is 10.2. The fourth-order valence-corrected chi connectivity index (χ4v) is 1.42. The molecule has 2 aromatic rings. The maximum absolute atomic E-state index is 8.90. The summed E-state index contributed by atoms with van der Waals surface area (Å²) in [7, 11) is 0. The van der Waals surface area contributed by atoms with Gasteiger partial charge in [0.05, 0.1) is 5.69 Å². The van der Waals surface area contributed by atoms with Gasteiger partial charge >= 0.3 is 0 Å². The quantitative estimate of drug-likeness (QED) is 0.797. The fourth-order valence-electron chi connectivity index (χ4n) is 1.42. The van der Waals surface area contributed by atoms with Crippen LogP contribution in [0.15, 0.2) is 36.5 Å². The third-order valence-corrected chi connectivity index (χ3v) is 2.38. The molecule has 0 aliphatic carbocycles. The lowest BCUT2D eigenvalue weighted by Crippen LogP contribution is -1.96. The van der Waals surface area contributed by atoms with Crippen molar-refractivity contribution in [2.75, 3.05) is 5.73 Å². The number of rotatable bonds is 2. The van der Waals surface area contributed by atoms with Crippen LogP contribution in [0.2, 0.25) is 0 Å². The van der Waals surface area contributed by atoms with Gasteiger partial charge in [-0.25, -0.2) is 4.98 Å². The van der Waals surface area contributed by atoms with E-state index in [-0.39, 0.29) is 5.69 Å². The molecule has 2 N–H and O–H groups in total. The molecule has 0 saturated carbocycles. The number of para-hydroxylation sites is 1. The molecule has 0 unspecified atom stereocenters. The first-order valence-corrected chi connectivity index (χ1v) is 5.10. The van der Waals surface area contributed by atoms with Gasteiger partial charge in [0.15, 0.2) is 17.2 Å². The number of nitrogens with zero attached hydrogens (tertiary/aromatic N) is 2. The molecule has 0 saturated heterocycles. The number of hydrogen-bond acceptors (Lipinski definition) is 4. The number of anilines is 1. The van der Waals surface area contributed by atoms with E-state index in [0.717, 1.165) is 5.56 Å². The predicted octanol–water partition coefficient (Wildman–Crippen LogP) is 2.64. The summed E-state index contributed by atoms with van der Waals surface area (Å²) in [6, 6.07) is 10.9. The molecule has 0 amide bonds. The van der Waals surface area contributed by atoms with Gasteiger partial charge in [-0.15, -0.1) is 0 Å². The van der Waals surface area contributed by atoms with Crippen molar-refractivity contribution < 1.29 is 4.74 Å². The highest BCUT2D eigenvalue weighted by molar-refractivity contribution is 5.59. The van der Waals surface area contributed by atoms with Crippen molar-refractivity contribution in [3.63, 3.8) is 0 Å². The Morgan fingerprint density at radius 1 is 1.24 bits per heavy atom. The minimum absolute atomic E-state index is 0.244. The van der Waals surface area contributed by atoms with Crippen LogP contribution in [0.3, 0.4) is 0 Å². The van der Waals surface area contributed by atoms with E-state index in [1.165, 1.54) is 0 Å². The molecule has 0 radical (unpaired) electrons. The first-order chi connectivity index (χ1) is 8.22. The monoisotopic (exact) mass is 225 g/mol. The van der Waals surface area contributed by atoms with E-state index in [1.807, 2.05) is 25.1 Å². The SMILES string of the molecule is Cc1cccc(Oc2cccnc2C#N)c1N. The maximum Gasteiger partial charge on any atom is 0.183 e. The van der Waals surface area contributed by atoms with Crippen molar-refractivity contribution in [1.82, 2.24) is 4.98 Å². The van der Waals surface area contributed by atoms with Gasteiger partial charge in [-0.2, -0.15) is 5.26 Å². The third-order valence-electron chi connectivity index (χ3n) is 2.38. The van der Waals surface area contributed by atoms with Crippen LogP contribution in [-0.2, 0) is 0 Å². The molecule has 4 heteroatoms. The van der Waals surface area contributed by atoms with Gasteiger partial charge in [-0.05, 0) is 30.7 Å². The minimum Gasteiger partial charge on any atom is -0.452 e. The van der Waals surface area contributed by atoms with Gasteiger partial charge in [0.1, 0.15) is 6.07 Å². The summed E-state index contributed by atoms with van der Waals surface area (Å²) in [6.07, 6.45) is 1.55. The molecule has 0 spiro atoms. The van der Waals surface area contributed by atoms with Crippen LogP contribution in [-0.4, -0.2) is 4.98 Å². The molecule has 84 valence electrons. The van der Waals surface area contributed by atoms with E-state index in [2.05, 4.69) is 4.98 Å². The van der Waals surface area contributed by atoms with Crippen LogP contribution in [0.1, 0.15) is 11.3 Å². The number of nitrogen functional groups attached to an aromatic ring is 1. The molecule has 4 nitrogen and oxygen atoms in total. The minimum atomic E-state index is 0.244. The van der Waals surface area contributed by atoms with E-state index < -0.39 is 0 Å². The molecule has 0 fully saturated rings. The second kappa shape index (κ2) is 4.54. The zero-order chi connectivity index (χ0) is 12.3. The molecule has 0 atom stereocenters. The molecule has 2 rings (SSSR count). The van der Waals surface area contributed by atoms with Gasteiger partial charge in [0, 0.05) is 6.20 Å². The van der Waals surface area contributed by atoms with Crippen molar-refractivity contribution in [1.29, 1.82) is 5.26 Å². The Bertz CT molecular complexity index is 587. The number of aryl methyl sites for hydroxylation is 1. The second-order valence-corrected chi connectivity index (χ2v) is 3.55. The average Bonchev–Trinajstić information content (AvgIpc) is 2.35. The number of benzene rings is 1. The molecular weight excluding hydrogens is 214 g/mol. The van der Waals surface area contributed by atoms with Gasteiger partial charge in [0.2, 0.25) is 0 Å². The largest absolute Gasteiger partial charge is 0.452 e. The lowest BCUT2D eigenvalue weighted by Gasteiger charge is -2.10. The van der Waals surface area contributed by atoms with E-state index in [4.69, 9.17) is 15.7 Å². The van der Waals surface area contributed by atoms with Crippen LogP contribution in [0, 0.1) is 18.3 Å². The lowest BCUT2D eigenvalue weighted by molar-refractivity contribution is 0.480. The Balaban J connectivity index is 2.39. The summed E-state index contributed by atoms with van der Waals surface area (Å²) in [5.41, 5.74) is 7.64. The fraction of sp³-hybridized carbons (Fsp3) is 0.0769. The van der Waals surface area contributed by atoms with Crippen LogP contribution in [0.25, 0.3) is 0 Å². The first-order valence-electron chi connectivity index (χ1n) is 5.10. The number of hydrogen-bond donors (Lipinski definition) is 1. The number of aromatic nitrogens is 1. The zero-order valence-electron chi connectivity index (χ0n) is 9.34. The summed E-state index contributed by atoms with van der Waals surface area (Å²) >= 11 is 0. The van der Waals surface area contributed by atoms with Gasteiger partial charge in [0.25, 0.3) is 0 Å². The number of nitrogens with two attached hydrogens (primary N) is 1. The van der Waals surface area contributed by atoms with Crippen molar-refractivity contribution >= 4 is 5.69 Å². The highest BCUT2D eigenvalue weighted by Gasteiger charge is 2.08. The van der Waals surface area contributed by atoms with E-state index in [1.54, 1.807) is 24.4 Å². The van der Waals surface area contributed by atoms with Crippen molar-refractivity contribution in [3.05, 3.63) is 47.8 Å². The van der Waals surface area contributed by atoms with Crippen molar-refractivity contribution in [3.8, 4) is 17.6 Å². The molecule has 0 aliphatic rings. The Kier molecular flexibility index (Phi) is 2.93. The highest BCUT2D eigenvalue weighted by Crippen LogP contribution is 2.30. The maximum atomic E-state index is 8.90. The van der Waals surface area contributed by atoms with Gasteiger partial charge in [-0.3, -0.25) is 0 Å². The smallest absolute Gasteiger partial charge is 0.183 e. The molecular formula is C13H11N3O. The Morgan fingerprint density at radius 2 is 2.00 bits per heavy atom. The Hall–Kier alpha value is -2.54. The molecule has 1 heterocycles. The highest BCUT2D eigenvalue weighted by atomic mass is 16.5. The molecule has 0 bridgehead atoms. The average molecular weight is 225 g/mol. The summed E-state index contributed by atoms with van der Waals surface area (Å²) in [4.78, 5) is 3.92. The summed E-state index contributed by atoms with van der Waals surface area (Å²) in [5.74, 6) is 0.946. The normalized spacial score (nSPS) is 9.65. The van der Waals surface area contributed by atoms with Crippen LogP contribution in [0.5, 0.6) is 11.5 Å². The van der Waals surface area contributed by atoms with E-state index in [0.29, 0.717) is 17.2 Å². The summed E-state index contributed by atoms with van der Waals surface area (Å²) in [6.45, 7) is 1.90. The Labute approximate surface area is 99.3 Å². The molecule has 1 aromatic carbocycles. The number of nitriles is 1. The van der Waals surface area contributed by atoms with Crippen molar-refractivity contribution in [2.24, 2.45) is 0 Å². The predicted molar refractivity (Wildman–Crippen MR) is 64.6 cm³/mol.